The van der Waals surface area contributed by atoms with Crippen molar-refractivity contribution in [1.82, 2.24) is 0 Å². The van der Waals surface area contributed by atoms with Gasteiger partial charge in [0.05, 0.1) is 39.2 Å². The molecule has 0 aliphatic heterocycles. The van der Waals surface area contributed by atoms with Gasteiger partial charge in [-0.15, -0.1) is 0 Å². The minimum Gasteiger partial charge on any atom is -0.504 e. The first-order valence-electron chi connectivity index (χ1n) is 12.1. The third-order valence-corrected chi connectivity index (χ3v) is 7.36. The molecule has 39 heavy (non-hydrogen) atoms. The van der Waals surface area contributed by atoms with Crippen LogP contribution in [0.2, 0.25) is 0 Å². The number of rotatable bonds is 7. The number of Topliss-reactive ketones (excluding diaryl/α,β-unsaturated/α-hetero) is 1. The van der Waals surface area contributed by atoms with E-state index in [0.29, 0.717) is 16.3 Å². The van der Waals surface area contributed by atoms with Crippen LogP contribution in [0.3, 0.4) is 0 Å². The van der Waals surface area contributed by atoms with E-state index in [1.165, 1.54) is 47.5 Å². The topological polar surface area (TPSA) is 149 Å². The molecule has 0 aliphatic rings. The Labute approximate surface area is 221 Å². The van der Waals surface area contributed by atoms with E-state index in [4.69, 9.17) is 18.9 Å². The van der Waals surface area contributed by atoms with Gasteiger partial charge in [0.1, 0.15) is 17.6 Å². The number of ether oxygens (including phenoxy) is 4. The van der Waals surface area contributed by atoms with Gasteiger partial charge in [-0.2, -0.15) is 0 Å². The van der Waals surface area contributed by atoms with E-state index in [9.17, 15) is 29.7 Å². The van der Waals surface area contributed by atoms with E-state index in [0.717, 1.165) is 0 Å². The SMILES string of the molecule is CCc1c(OC)c(O)c2c(=O)cc(OC)c3c4c(OC)cc(=O)c5c(O)c(OC)c(C(O)C(C)=O)c(c1c23)c54. The summed E-state index contributed by atoms with van der Waals surface area (Å²) in [7, 11) is 5.31. The molecule has 1 atom stereocenters. The Morgan fingerprint density at radius 1 is 0.718 bits per heavy atom. The lowest BCUT2D eigenvalue weighted by Crippen LogP contribution is -2.14. The van der Waals surface area contributed by atoms with Crippen LogP contribution >= 0.6 is 0 Å². The summed E-state index contributed by atoms with van der Waals surface area (Å²) in [6, 6.07) is 2.40. The number of benzene rings is 5. The number of aliphatic hydroxyl groups excluding tert-OH is 1. The number of phenolic OH excluding ortho intramolecular Hbond substituents is 2. The van der Waals surface area contributed by atoms with Crippen LogP contribution in [-0.2, 0) is 11.2 Å². The highest BCUT2D eigenvalue weighted by atomic mass is 16.5. The number of ketones is 1. The molecule has 10 heteroatoms. The second-order valence-electron chi connectivity index (χ2n) is 9.18. The highest BCUT2D eigenvalue weighted by molar-refractivity contribution is 6.38. The highest BCUT2D eigenvalue weighted by Crippen LogP contribution is 2.56. The molecule has 0 amide bonds. The average Bonchev–Trinajstić information content (AvgIpc) is 2.91. The molecule has 1 unspecified atom stereocenters. The molecule has 10 nitrogen and oxygen atoms in total. The van der Waals surface area contributed by atoms with Crippen LogP contribution in [0.15, 0.2) is 21.7 Å². The van der Waals surface area contributed by atoms with E-state index in [1.54, 1.807) is 6.92 Å². The lowest BCUT2D eigenvalue weighted by atomic mass is 9.81. The predicted molar refractivity (Wildman–Crippen MR) is 146 cm³/mol. The molecule has 0 heterocycles. The molecule has 0 aromatic heterocycles. The molecule has 0 saturated carbocycles. The average molecular weight is 535 g/mol. The van der Waals surface area contributed by atoms with E-state index in [2.05, 4.69) is 0 Å². The van der Waals surface area contributed by atoms with Gasteiger partial charge in [0.2, 0.25) is 0 Å². The number of aromatic hydroxyl groups is 2. The Balaban J connectivity index is 2.43. The number of hydrogen-bond donors (Lipinski definition) is 3. The van der Waals surface area contributed by atoms with Crippen molar-refractivity contribution in [3.63, 3.8) is 0 Å². The van der Waals surface area contributed by atoms with Crippen molar-refractivity contribution >= 4 is 48.9 Å². The molecule has 5 aromatic rings. The summed E-state index contributed by atoms with van der Waals surface area (Å²) in [5.41, 5.74) is -0.838. The summed E-state index contributed by atoms with van der Waals surface area (Å²) in [4.78, 5) is 39.4. The maximum Gasteiger partial charge on any atom is 0.194 e. The molecule has 0 fully saturated rings. The number of carbonyl (C=O) groups excluding carboxylic acids is 1. The van der Waals surface area contributed by atoms with E-state index >= 15 is 0 Å². The standard InChI is InChI=1S/C29H26O10/c1-7-11-16-21-17(26(34)28(11)38-5)12(31)8-14(36-3)19(21)20-15(37-4)9-13(32)18-23(20)22(16)24(25(33)10(2)30)29(39-6)27(18)35/h8-9,25,33-35H,7H2,1-6H3. The van der Waals surface area contributed by atoms with Gasteiger partial charge in [0, 0.05) is 50.2 Å². The maximum atomic E-state index is 13.4. The zero-order chi connectivity index (χ0) is 28.5. The normalized spacial score (nSPS) is 12.5. The Bertz CT molecular complexity index is 1940. The summed E-state index contributed by atoms with van der Waals surface area (Å²) >= 11 is 0. The number of fused-ring (bicyclic) bond motifs is 2. The first-order valence-corrected chi connectivity index (χ1v) is 12.1. The quantitative estimate of drug-likeness (QED) is 0.209. The molecule has 3 N–H and O–H groups in total. The first kappa shape index (κ1) is 26.1. The second-order valence-corrected chi connectivity index (χ2v) is 9.18. The van der Waals surface area contributed by atoms with Crippen LogP contribution in [0.5, 0.6) is 34.5 Å². The number of phenols is 2. The van der Waals surface area contributed by atoms with Crippen LogP contribution < -0.4 is 29.8 Å². The van der Waals surface area contributed by atoms with E-state index in [1.807, 2.05) is 0 Å². The van der Waals surface area contributed by atoms with Crippen molar-refractivity contribution in [2.75, 3.05) is 28.4 Å². The zero-order valence-electron chi connectivity index (χ0n) is 22.1. The third-order valence-electron chi connectivity index (χ3n) is 7.36. The fourth-order valence-electron chi connectivity index (χ4n) is 5.83. The summed E-state index contributed by atoms with van der Waals surface area (Å²) < 4.78 is 22.3. The minimum atomic E-state index is -1.78. The van der Waals surface area contributed by atoms with Gasteiger partial charge < -0.3 is 34.3 Å². The molecular formula is C29H26O10. The molecule has 0 bridgehead atoms. The molecule has 0 aliphatic carbocycles. The lowest BCUT2D eigenvalue weighted by Gasteiger charge is -2.25. The van der Waals surface area contributed by atoms with Gasteiger partial charge in [-0.1, -0.05) is 6.92 Å². The summed E-state index contributed by atoms with van der Waals surface area (Å²) in [6.07, 6.45) is -1.51. The number of methoxy groups -OCH3 is 4. The van der Waals surface area contributed by atoms with Crippen LogP contribution in [0.1, 0.15) is 31.1 Å². The number of aliphatic hydroxyl groups is 1. The van der Waals surface area contributed by atoms with Gasteiger partial charge in [-0.05, 0) is 18.7 Å². The van der Waals surface area contributed by atoms with Crippen LogP contribution in [0.25, 0.3) is 43.1 Å². The molecule has 0 spiro atoms. The third kappa shape index (κ3) is 3.21. The largest absolute Gasteiger partial charge is 0.504 e. The number of carbonyl (C=O) groups is 1. The van der Waals surface area contributed by atoms with Crippen molar-refractivity contribution in [2.24, 2.45) is 0 Å². The fourth-order valence-corrected chi connectivity index (χ4v) is 5.83. The molecule has 202 valence electrons. The van der Waals surface area contributed by atoms with Crippen molar-refractivity contribution in [3.05, 3.63) is 43.7 Å². The molecule has 0 saturated heterocycles. The lowest BCUT2D eigenvalue weighted by molar-refractivity contribution is -0.125. The zero-order valence-corrected chi connectivity index (χ0v) is 22.1. The van der Waals surface area contributed by atoms with E-state index < -0.39 is 28.5 Å². The summed E-state index contributed by atoms with van der Waals surface area (Å²) in [5, 5.41) is 35.1. The summed E-state index contributed by atoms with van der Waals surface area (Å²) in [5.74, 6) is -1.64. The molecule has 5 rings (SSSR count). The maximum absolute atomic E-state index is 13.4. The van der Waals surface area contributed by atoms with Crippen molar-refractivity contribution in [3.8, 4) is 34.5 Å². The smallest absolute Gasteiger partial charge is 0.194 e. The van der Waals surface area contributed by atoms with Crippen molar-refractivity contribution < 1.29 is 39.1 Å². The minimum absolute atomic E-state index is 0.0189. The van der Waals surface area contributed by atoms with Crippen LogP contribution in [0, 0.1) is 0 Å². The van der Waals surface area contributed by atoms with Crippen LogP contribution in [0.4, 0.5) is 0 Å². The number of aryl methyl sites for hydroxylation is 1. The summed E-state index contributed by atoms with van der Waals surface area (Å²) in [6.45, 7) is 2.97. The van der Waals surface area contributed by atoms with Crippen molar-refractivity contribution in [1.29, 1.82) is 0 Å². The monoisotopic (exact) mass is 534 g/mol. The first-order chi connectivity index (χ1) is 18.6. The van der Waals surface area contributed by atoms with Gasteiger partial charge in [-0.25, -0.2) is 0 Å². The van der Waals surface area contributed by atoms with E-state index in [-0.39, 0.29) is 73.0 Å². The molecule has 5 aromatic carbocycles. The predicted octanol–water partition coefficient (Wildman–Crippen LogP) is 3.53. The van der Waals surface area contributed by atoms with Gasteiger partial charge in [0.15, 0.2) is 39.6 Å². The Morgan fingerprint density at radius 2 is 1.18 bits per heavy atom. The second kappa shape index (κ2) is 9.02. The van der Waals surface area contributed by atoms with Gasteiger partial charge >= 0.3 is 0 Å². The van der Waals surface area contributed by atoms with Gasteiger partial charge in [-0.3, -0.25) is 14.4 Å². The highest BCUT2D eigenvalue weighted by Gasteiger charge is 2.34. The van der Waals surface area contributed by atoms with Crippen molar-refractivity contribution in [2.45, 2.75) is 26.4 Å². The number of hydrogen-bond acceptors (Lipinski definition) is 10. The Morgan fingerprint density at radius 3 is 1.59 bits per heavy atom. The molecular weight excluding hydrogens is 508 g/mol. The Hall–Kier alpha value is -4.57. The van der Waals surface area contributed by atoms with Gasteiger partial charge in [0.25, 0.3) is 0 Å². The fraction of sp³-hybridized carbons (Fsp3) is 0.276. The molecule has 0 radical (unpaired) electrons. The Kier molecular flexibility index (Phi) is 6.03. The van der Waals surface area contributed by atoms with Crippen LogP contribution in [-0.4, -0.2) is 49.5 Å².